The van der Waals surface area contributed by atoms with Crippen molar-refractivity contribution in [3.63, 3.8) is 0 Å². The van der Waals surface area contributed by atoms with E-state index in [0.717, 1.165) is 12.0 Å². The largest absolute Gasteiger partial charge is 0.322 e. The van der Waals surface area contributed by atoms with Gasteiger partial charge in [-0.3, -0.25) is 4.79 Å². The summed E-state index contributed by atoms with van der Waals surface area (Å²) in [5.74, 6) is -1.35. The Morgan fingerprint density at radius 2 is 2.11 bits per heavy atom. The Balaban J connectivity index is 2.28. The second-order valence-corrected chi connectivity index (χ2v) is 4.29. The second kappa shape index (κ2) is 5.80. The topological polar surface area (TPSA) is 42.0 Å². The Labute approximate surface area is 115 Å². The average molecular weight is 279 g/mol. The Hall–Kier alpha value is -1.94. The number of para-hydroxylation sites is 1. The summed E-state index contributed by atoms with van der Waals surface area (Å²) in [5, 5.41) is 2.37. The van der Waals surface area contributed by atoms with Crippen molar-refractivity contribution in [2.24, 2.45) is 0 Å². The minimum absolute atomic E-state index is 0.120. The first-order valence-corrected chi connectivity index (χ1v) is 6.20. The number of nitrogens with zero attached hydrogens (tertiary/aromatic N) is 1. The number of halogens is 2. The molecule has 1 amide bonds. The lowest BCUT2D eigenvalue weighted by Gasteiger charge is -2.10. The molecule has 0 aliphatic rings. The summed E-state index contributed by atoms with van der Waals surface area (Å²) in [6, 6.07) is 8.68. The van der Waals surface area contributed by atoms with Crippen molar-refractivity contribution in [3.8, 4) is 0 Å². The molecule has 0 radical (unpaired) electrons. The molecular formula is C14H12ClFN2O. The molecule has 0 saturated carbocycles. The van der Waals surface area contributed by atoms with Crippen LogP contribution in [0.2, 0.25) is 5.15 Å². The van der Waals surface area contributed by atoms with Crippen LogP contribution < -0.4 is 5.32 Å². The quantitative estimate of drug-likeness (QED) is 0.870. The number of amides is 1. The van der Waals surface area contributed by atoms with Crippen molar-refractivity contribution in [1.29, 1.82) is 0 Å². The smallest absolute Gasteiger partial charge is 0.258 e. The molecule has 0 saturated heterocycles. The third kappa shape index (κ3) is 2.90. The molecule has 1 aromatic carbocycles. The van der Waals surface area contributed by atoms with Crippen LogP contribution in [-0.2, 0) is 6.42 Å². The highest BCUT2D eigenvalue weighted by Gasteiger charge is 2.15. The Morgan fingerprint density at radius 1 is 1.37 bits per heavy atom. The first-order chi connectivity index (χ1) is 9.13. The number of pyridine rings is 1. The van der Waals surface area contributed by atoms with E-state index < -0.39 is 11.7 Å². The number of carbonyl (C=O) groups excluding carboxylic acids is 1. The number of aromatic nitrogens is 1. The van der Waals surface area contributed by atoms with Gasteiger partial charge in [-0.05, 0) is 24.1 Å². The van der Waals surface area contributed by atoms with Gasteiger partial charge in [-0.1, -0.05) is 36.7 Å². The number of anilines is 1. The van der Waals surface area contributed by atoms with E-state index in [9.17, 15) is 9.18 Å². The predicted molar refractivity (Wildman–Crippen MR) is 73.0 cm³/mol. The van der Waals surface area contributed by atoms with E-state index in [1.807, 2.05) is 25.1 Å². The van der Waals surface area contributed by atoms with Crippen LogP contribution in [0.4, 0.5) is 10.1 Å². The summed E-state index contributed by atoms with van der Waals surface area (Å²) >= 11 is 5.55. The number of hydrogen-bond acceptors (Lipinski definition) is 2. The minimum Gasteiger partial charge on any atom is -0.322 e. The number of aryl methyl sites for hydroxylation is 1. The molecule has 3 nitrogen and oxygen atoms in total. The lowest BCUT2D eigenvalue weighted by Crippen LogP contribution is -2.15. The number of rotatable bonds is 3. The molecule has 2 rings (SSSR count). The van der Waals surface area contributed by atoms with Crippen LogP contribution in [0.3, 0.4) is 0 Å². The zero-order chi connectivity index (χ0) is 13.8. The molecule has 0 fully saturated rings. The van der Waals surface area contributed by atoms with Crippen LogP contribution >= 0.6 is 11.6 Å². The van der Waals surface area contributed by atoms with Crippen LogP contribution in [0.5, 0.6) is 0 Å². The predicted octanol–water partition coefficient (Wildman–Crippen LogP) is 3.69. The van der Waals surface area contributed by atoms with E-state index in [2.05, 4.69) is 10.3 Å². The van der Waals surface area contributed by atoms with E-state index in [1.165, 1.54) is 12.3 Å². The van der Waals surface area contributed by atoms with Gasteiger partial charge in [0.15, 0.2) is 11.0 Å². The summed E-state index contributed by atoms with van der Waals surface area (Å²) in [7, 11) is 0. The fourth-order valence-corrected chi connectivity index (χ4v) is 1.89. The number of carbonyl (C=O) groups is 1. The summed E-state index contributed by atoms with van der Waals surface area (Å²) in [4.78, 5) is 15.6. The molecule has 1 heterocycles. The van der Waals surface area contributed by atoms with Gasteiger partial charge in [0, 0.05) is 11.9 Å². The third-order valence-corrected chi connectivity index (χ3v) is 3.00. The first kappa shape index (κ1) is 13.5. The molecule has 0 spiro atoms. The lowest BCUT2D eigenvalue weighted by molar-refractivity contribution is 0.102. The van der Waals surface area contributed by atoms with E-state index in [1.54, 1.807) is 6.07 Å². The van der Waals surface area contributed by atoms with Crippen molar-refractivity contribution in [1.82, 2.24) is 4.98 Å². The van der Waals surface area contributed by atoms with Gasteiger partial charge in [-0.2, -0.15) is 0 Å². The molecule has 0 aliphatic heterocycles. The fraction of sp³-hybridized carbons (Fsp3) is 0.143. The normalized spacial score (nSPS) is 10.3. The fourth-order valence-electron chi connectivity index (χ4n) is 1.73. The van der Waals surface area contributed by atoms with Gasteiger partial charge in [0.1, 0.15) is 0 Å². The van der Waals surface area contributed by atoms with Crippen molar-refractivity contribution < 1.29 is 9.18 Å². The summed E-state index contributed by atoms with van der Waals surface area (Å²) in [6.45, 7) is 1.98. The van der Waals surface area contributed by atoms with Gasteiger partial charge in [0.2, 0.25) is 0 Å². The molecule has 1 N–H and O–H groups in total. The third-order valence-electron chi connectivity index (χ3n) is 2.74. The van der Waals surface area contributed by atoms with Crippen molar-refractivity contribution in [3.05, 3.63) is 58.6 Å². The highest BCUT2D eigenvalue weighted by atomic mass is 35.5. The first-order valence-electron chi connectivity index (χ1n) is 5.82. The van der Waals surface area contributed by atoms with Gasteiger partial charge in [0.05, 0.1) is 5.56 Å². The molecule has 0 unspecified atom stereocenters. The van der Waals surface area contributed by atoms with Crippen LogP contribution in [0, 0.1) is 5.82 Å². The summed E-state index contributed by atoms with van der Waals surface area (Å²) in [6.07, 6.45) is 2.07. The maximum absolute atomic E-state index is 13.7. The Morgan fingerprint density at radius 3 is 2.84 bits per heavy atom. The molecule has 0 bridgehead atoms. The highest BCUT2D eigenvalue weighted by Crippen LogP contribution is 2.19. The van der Waals surface area contributed by atoms with Gasteiger partial charge in [-0.15, -0.1) is 0 Å². The molecule has 0 aliphatic carbocycles. The van der Waals surface area contributed by atoms with Crippen LogP contribution in [0.1, 0.15) is 22.8 Å². The summed E-state index contributed by atoms with van der Waals surface area (Å²) in [5.41, 5.74) is 1.53. The van der Waals surface area contributed by atoms with Gasteiger partial charge in [-0.25, -0.2) is 9.37 Å². The number of hydrogen-bond donors (Lipinski definition) is 1. The van der Waals surface area contributed by atoms with Crippen molar-refractivity contribution >= 4 is 23.2 Å². The molecule has 5 heteroatoms. The molecule has 98 valence electrons. The second-order valence-electron chi connectivity index (χ2n) is 3.93. The monoisotopic (exact) mass is 278 g/mol. The van der Waals surface area contributed by atoms with Crippen LogP contribution in [0.25, 0.3) is 0 Å². The van der Waals surface area contributed by atoms with Gasteiger partial charge >= 0.3 is 0 Å². The summed E-state index contributed by atoms with van der Waals surface area (Å²) < 4.78 is 13.7. The Kier molecular flexibility index (Phi) is 4.12. The van der Waals surface area contributed by atoms with E-state index in [0.29, 0.717) is 5.69 Å². The maximum Gasteiger partial charge on any atom is 0.258 e. The van der Waals surface area contributed by atoms with E-state index in [-0.39, 0.29) is 10.7 Å². The van der Waals surface area contributed by atoms with Crippen molar-refractivity contribution in [2.75, 3.05) is 5.32 Å². The molecular weight excluding hydrogens is 267 g/mol. The van der Waals surface area contributed by atoms with E-state index in [4.69, 9.17) is 11.6 Å². The van der Waals surface area contributed by atoms with Crippen LogP contribution in [-0.4, -0.2) is 10.9 Å². The maximum atomic E-state index is 13.7. The zero-order valence-corrected chi connectivity index (χ0v) is 11.0. The van der Waals surface area contributed by atoms with Gasteiger partial charge in [0.25, 0.3) is 5.91 Å². The standard InChI is InChI=1S/C14H12ClFN2O/c1-2-9-5-3-4-6-11(9)18-14(19)10-7-8-17-13(15)12(10)16/h3-8H,2H2,1H3,(H,18,19). The average Bonchev–Trinajstić information content (AvgIpc) is 2.42. The number of benzene rings is 1. The molecule has 0 atom stereocenters. The van der Waals surface area contributed by atoms with Gasteiger partial charge < -0.3 is 5.32 Å². The lowest BCUT2D eigenvalue weighted by atomic mass is 10.1. The Bertz CT molecular complexity index is 616. The van der Waals surface area contributed by atoms with Crippen molar-refractivity contribution in [2.45, 2.75) is 13.3 Å². The molecule has 19 heavy (non-hydrogen) atoms. The van der Waals surface area contributed by atoms with E-state index >= 15 is 0 Å². The number of nitrogens with one attached hydrogen (secondary N) is 1. The molecule has 1 aromatic heterocycles. The SMILES string of the molecule is CCc1ccccc1NC(=O)c1ccnc(Cl)c1F. The zero-order valence-electron chi connectivity index (χ0n) is 10.3. The minimum atomic E-state index is -0.810. The molecule has 2 aromatic rings. The highest BCUT2D eigenvalue weighted by molar-refractivity contribution is 6.30. The van der Waals surface area contributed by atoms with Crippen LogP contribution in [0.15, 0.2) is 36.5 Å².